The molecule has 0 spiro atoms. The Morgan fingerprint density at radius 3 is 2.75 bits per heavy atom. The molecule has 1 saturated heterocycles. The van der Waals surface area contributed by atoms with E-state index < -0.39 is 15.6 Å². The van der Waals surface area contributed by atoms with Crippen molar-refractivity contribution in [1.29, 1.82) is 0 Å². The van der Waals surface area contributed by atoms with Gasteiger partial charge >= 0.3 is 0 Å². The lowest BCUT2D eigenvalue weighted by Crippen LogP contribution is -2.44. The second-order valence-electron chi connectivity index (χ2n) is 10.1. The molecule has 1 atom stereocenters. The van der Waals surface area contributed by atoms with Crippen molar-refractivity contribution < 1.29 is 18.3 Å². The SMILES string of the molecule is COc1ccc2c(c1)C(O)(CNCC1CCN(CCNS(=O)(=O)c3cccc(Cl)c3C)CC1)CCC2. The van der Waals surface area contributed by atoms with Crippen molar-refractivity contribution in [3.8, 4) is 5.75 Å². The van der Waals surface area contributed by atoms with Gasteiger partial charge in [-0.1, -0.05) is 23.7 Å². The lowest BCUT2D eigenvalue weighted by molar-refractivity contribution is 0.0175. The Labute approximate surface area is 220 Å². The third-order valence-corrected chi connectivity index (χ3v) is 9.66. The molecule has 0 aromatic heterocycles. The smallest absolute Gasteiger partial charge is 0.240 e. The van der Waals surface area contributed by atoms with E-state index in [0.717, 1.165) is 63.1 Å². The maximum atomic E-state index is 12.7. The molecule has 0 radical (unpaired) electrons. The number of hydrogen-bond acceptors (Lipinski definition) is 6. The van der Waals surface area contributed by atoms with Crippen LogP contribution in [0.4, 0.5) is 0 Å². The summed E-state index contributed by atoms with van der Waals surface area (Å²) in [5.41, 5.74) is 1.91. The third-order valence-electron chi connectivity index (χ3n) is 7.64. The van der Waals surface area contributed by atoms with Gasteiger partial charge in [0, 0.05) is 24.7 Å². The highest BCUT2D eigenvalue weighted by molar-refractivity contribution is 7.89. The summed E-state index contributed by atoms with van der Waals surface area (Å²) in [6.07, 6.45) is 4.83. The summed E-state index contributed by atoms with van der Waals surface area (Å²) in [5, 5.41) is 15.4. The number of benzene rings is 2. The molecule has 1 unspecified atom stereocenters. The van der Waals surface area contributed by atoms with Gasteiger partial charge in [0.25, 0.3) is 0 Å². The average molecular weight is 536 g/mol. The molecule has 1 aliphatic heterocycles. The van der Waals surface area contributed by atoms with E-state index in [0.29, 0.717) is 36.1 Å². The van der Waals surface area contributed by atoms with E-state index in [-0.39, 0.29) is 4.90 Å². The van der Waals surface area contributed by atoms with Gasteiger partial charge in [-0.05, 0) is 106 Å². The van der Waals surface area contributed by atoms with E-state index in [4.69, 9.17) is 16.3 Å². The second-order valence-corrected chi connectivity index (χ2v) is 12.2. The number of nitrogens with one attached hydrogen (secondary N) is 2. The van der Waals surface area contributed by atoms with Crippen molar-refractivity contribution in [1.82, 2.24) is 14.9 Å². The Balaban J connectivity index is 1.20. The largest absolute Gasteiger partial charge is 0.497 e. The number of fused-ring (bicyclic) bond motifs is 1. The highest BCUT2D eigenvalue weighted by atomic mass is 35.5. The summed E-state index contributed by atoms with van der Waals surface area (Å²) in [6.45, 7) is 6.06. The molecule has 1 heterocycles. The Bertz CT molecular complexity index is 1150. The van der Waals surface area contributed by atoms with Crippen LogP contribution in [0.3, 0.4) is 0 Å². The minimum absolute atomic E-state index is 0.237. The number of sulfonamides is 1. The Morgan fingerprint density at radius 2 is 2.00 bits per heavy atom. The van der Waals surface area contributed by atoms with Crippen LogP contribution in [-0.4, -0.2) is 64.8 Å². The monoisotopic (exact) mass is 535 g/mol. The van der Waals surface area contributed by atoms with Crippen LogP contribution >= 0.6 is 11.6 Å². The molecule has 1 aliphatic carbocycles. The van der Waals surface area contributed by atoms with Gasteiger partial charge in [0.05, 0.1) is 12.0 Å². The highest BCUT2D eigenvalue weighted by Gasteiger charge is 2.34. The molecule has 7 nitrogen and oxygen atoms in total. The number of aliphatic hydroxyl groups is 1. The van der Waals surface area contributed by atoms with Gasteiger partial charge in [0.1, 0.15) is 11.4 Å². The van der Waals surface area contributed by atoms with Crippen molar-refractivity contribution in [2.45, 2.75) is 49.5 Å². The fourth-order valence-corrected chi connectivity index (χ4v) is 6.93. The molecule has 36 heavy (non-hydrogen) atoms. The molecule has 0 saturated carbocycles. The number of methoxy groups -OCH3 is 1. The quantitative estimate of drug-likeness (QED) is 0.431. The minimum Gasteiger partial charge on any atom is -0.497 e. The minimum atomic E-state index is -3.58. The lowest BCUT2D eigenvalue weighted by Gasteiger charge is -2.36. The molecule has 2 aromatic rings. The van der Waals surface area contributed by atoms with Gasteiger partial charge in [-0.3, -0.25) is 0 Å². The van der Waals surface area contributed by atoms with E-state index in [1.165, 1.54) is 5.56 Å². The molecule has 198 valence electrons. The van der Waals surface area contributed by atoms with Crippen LogP contribution in [0.15, 0.2) is 41.3 Å². The number of piperidine rings is 1. The average Bonchev–Trinajstić information content (AvgIpc) is 2.86. The molecule has 2 aliphatic rings. The zero-order valence-electron chi connectivity index (χ0n) is 21.2. The molecule has 0 amide bonds. The predicted octanol–water partition coefficient (Wildman–Crippen LogP) is 3.46. The van der Waals surface area contributed by atoms with E-state index in [9.17, 15) is 13.5 Å². The third kappa shape index (κ3) is 6.41. The van der Waals surface area contributed by atoms with Gasteiger partial charge < -0.3 is 20.1 Å². The number of ether oxygens (including phenoxy) is 1. The number of halogens is 1. The van der Waals surface area contributed by atoms with Crippen LogP contribution in [0.25, 0.3) is 0 Å². The summed E-state index contributed by atoms with van der Waals surface area (Å²) in [5.74, 6) is 1.33. The summed E-state index contributed by atoms with van der Waals surface area (Å²) >= 11 is 6.09. The lowest BCUT2D eigenvalue weighted by atomic mass is 9.79. The normalized spacial score (nSPS) is 21.3. The number of hydrogen-bond donors (Lipinski definition) is 3. The van der Waals surface area contributed by atoms with Crippen molar-refractivity contribution in [3.63, 3.8) is 0 Å². The first-order valence-corrected chi connectivity index (χ1v) is 14.7. The number of nitrogens with zero attached hydrogens (tertiary/aromatic N) is 1. The number of aryl methyl sites for hydroxylation is 1. The van der Waals surface area contributed by atoms with Crippen molar-refractivity contribution in [3.05, 3.63) is 58.1 Å². The first-order valence-electron chi connectivity index (χ1n) is 12.8. The second kappa shape index (κ2) is 11.8. The number of rotatable bonds is 10. The van der Waals surface area contributed by atoms with Gasteiger partial charge in [-0.15, -0.1) is 0 Å². The van der Waals surface area contributed by atoms with E-state index in [1.54, 1.807) is 32.2 Å². The zero-order valence-corrected chi connectivity index (χ0v) is 22.8. The van der Waals surface area contributed by atoms with Crippen LogP contribution in [0, 0.1) is 12.8 Å². The van der Waals surface area contributed by atoms with Crippen LogP contribution < -0.4 is 14.8 Å². The van der Waals surface area contributed by atoms with E-state index >= 15 is 0 Å². The van der Waals surface area contributed by atoms with Crippen LogP contribution in [0.5, 0.6) is 5.75 Å². The maximum absolute atomic E-state index is 12.7. The van der Waals surface area contributed by atoms with Gasteiger partial charge in [-0.2, -0.15) is 0 Å². The van der Waals surface area contributed by atoms with Crippen LogP contribution in [0.1, 0.15) is 42.4 Å². The molecule has 9 heteroatoms. The van der Waals surface area contributed by atoms with Crippen molar-refractivity contribution >= 4 is 21.6 Å². The topological polar surface area (TPSA) is 90.9 Å². The molecular formula is C27H38ClN3O4S. The molecule has 4 rings (SSSR count). The van der Waals surface area contributed by atoms with Crippen molar-refractivity contribution in [2.75, 3.05) is 46.4 Å². The van der Waals surface area contributed by atoms with Crippen LogP contribution in [0.2, 0.25) is 5.02 Å². The zero-order chi connectivity index (χ0) is 25.8. The Hall–Kier alpha value is -1.68. The highest BCUT2D eigenvalue weighted by Crippen LogP contribution is 2.37. The van der Waals surface area contributed by atoms with Crippen LogP contribution in [-0.2, 0) is 22.0 Å². The number of likely N-dealkylation sites (tertiary alicyclic amines) is 1. The molecular weight excluding hydrogens is 498 g/mol. The van der Waals surface area contributed by atoms with Gasteiger partial charge in [0.15, 0.2) is 0 Å². The Kier molecular flexibility index (Phi) is 8.96. The summed E-state index contributed by atoms with van der Waals surface area (Å²) in [4.78, 5) is 2.54. The first kappa shape index (κ1) is 27.4. The molecule has 3 N–H and O–H groups in total. The maximum Gasteiger partial charge on any atom is 0.240 e. The molecule has 1 fully saturated rings. The standard InChI is InChI=1S/C27H38ClN3O4S/c1-20-25(28)6-3-7-26(20)36(33,34)30-13-16-31-14-10-21(11-15-31)18-29-19-27(32)12-4-5-22-8-9-23(35-2)17-24(22)27/h3,6-9,17,21,29-30,32H,4-5,10-16,18-19H2,1-2H3. The van der Waals surface area contributed by atoms with Crippen molar-refractivity contribution in [2.24, 2.45) is 5.92 Å². The fraction of sp³-hybridized carbons (Fsp3) is 0.556. The van der Waals surface area contributed by atoms with Gasteiger partial charge in [0.2, 0.25) is 10.0 Å². The van der Waals surface area contributed by atoms with Gasteiger partial charge in [-0.25, -0.2) is 13.1 Å². The summed E-state index contributed by atoms with van der Waals surface area (Å²) in [7, 11) is -1.93. The first-order chi connectivity index (χ1) is 17.2. The summed E-state index contributed by atoms with van der Waals surface area (Å²) < 4.78 is 33.4. The van der Waals surface area contributed by atoms with E-state index in [2.05, 4.69) is 21.0 Å². The molecule has 2 aromatic carbocycles. The molecule has 0 bridgehead atoms. The summed E-state index contributed by atoms with van der Waals surface area (Å²) in [6, 6.07) is 11.0. The van der Waals surface area contributed by atoms with E-state index in [1.807, 2.05) is 12.1 Å². The predicted molar refractivity (Wildman–Crippen MR) is 143 cm³/mol. The Morgan fingerprint density at radius 1 is 1.22 bits per heavy atom. The fourth-order valence-electron chi connectivity index (χ4n) is 5.42.